The number of carbonyl (C=O) groups excluding carboxylic acids is 1. The van der Waals surface area contributed by atoms with Gasteiger partial charge in [-0.25, -0.2) is 0 Å². The van der Waals surface area contributed by atoms with Gasteiger partial charge in [0.05, 0.1) is 0 Å². The van der Waals surface area contributed by atoms with Gasteiger partial charge < -0.3 is 19.9 Å². The summed E-state index contributed by atoms with van der Waals surface area (Å²) in [4.78, 5) is 17.3. The average Bonchev–Trinajstić information content (AvgIpc) is 2.67. The first-order valence-electron chi connectivity index (χ1n) is 9.63. The Hall–Kier alpha value is -2.53. The molecule has 0 aromatic heterocycles. The fourth-order valence-electron chi connectivity index (χ4n) is 3.22. The minimum atomic E-state index is -0.510. The van der Waals surface area contributed by atoms with Crippen molar-refractivity contribution in [3.8, 4) is 5.75 Å². The quantitative estimate of drug-likeness (QED) is 0.848. The summed E-state index contributed by atoms with van der Waals surface area (Å²) in [5.74, 6) is 0.605. The van der Waals surface area contributed by atoms with Crippen molar-refractivity contribution in [3.05, 3.63) is 54.1 Å². The van der Waals surface area contributed by atoms with E-state index in [1.54, 1.807) is 0 Å². The molecular formula is C22H29N3O2. The first-order chi connectivity index (χ1) is 13.0. The summed E-state index contributed by atoms with van der Waals surface area (Å²) >= 11 is 0. The molecule has 27 heavy (non-hydrogen) atoms. The zero-order valence-electron chi connectivity index (χ0n) is 16.4. The van der Waals surface area contributed by atoms with Crippen LogP contribution < -0.4 is 15.0 Å². The maximum absolute atomic E-state index is 12.6. The lowest BCUT2D eigenvalue weighted by Crippen LogP contribution is -2.44. The van der Waals surface area contributed by atoms with Gasteiger partial charge in [-0.05, 0) is 62.4 Å². The smallest absolute Gasteiger partial charge is 0.265 e. The number of hydrogen-bond acceptors (Lipinski definition) is 4. The van der Waals surface area contributed by atoms with Gasteiger partial charge in [-0.3, -0.25) is 4.79 Å². The third kappa shape index (κ3) is 5.23. The molecule has 5 heteroatoms. The number of amides is 1. The first kappa shape index (κ1) is 19.2. The van der Waals surface area contributed by atoms with Crippen LogP contribution in [0.4, 0.5) is 11.4 Å². The number of benzene rings is 2. The third-order valence-electron chi connectivity index (χ3n) is 4.93. The molecule has 144 valence electrons. The standard InChI is InChI=1S/C22H29N3O2/c1-4-21(27-20-7-5-6-17(2)16-20)22(26)23-18-8-10-19(11-9-18)25-14-12-24(3)13-15-25/h5-11,16,21H,4,12-15H2,1-3H3,(H,23,26)/t21-/m1/s1. The maximum atomic E-state index is 12.6. The van der Waals surface area contributed by atoms with Crippen molar-refractivity contribution in [3.63, 3.8) is 0 Å². The predicted molar refractivity (Wildman–Crippen MR) is 111 cm³/mol. The molecule has 0 saturated carbocycles. The largest absolute Gasteiger partial charge is 0.481 e. The first-order valence-corrected chi connectivity index (χ1v) is 9.63. The molecule has 0 aliphatic carbocycles. The normalized spacial score (nSPS) is 16.0. The number of nitrogens with one attached hydrogen (secondary N) is 1. The molecule has 1 aliphatic rings. The van der Waals surface area contributed by atoms with E-state index in [9.17, 15) is 4.79 Å². The number of ether oxygens (including phenoxy) is 1. The lowest BCUT2D eigenvalue weighted by molar-refractivity contribution is -0.122. The summed E-state index contributed by atoms with van der Waals surface area (Å²) in [5, 5.41) is 2.97. The van der Waals surface area contributed by atoms with Gasteiger partial charge in [0.1, 0.15) is 5.75 Å². The topological polar surface area (TPSA) is 44.8 Å². The van der Waals surface area contributed by atoms with Gasteiger partial charge in [-0.15, -0.1) is 0 Å². The van der Waals surface area contributed by atoms with Crippen LogP contribution in [0, 0.1) is 6.92 Å². The lowest BCUT2D eigenvalue weighted by Gasteiger charge is -2.34. The summed E-state index contributed by atoms with van der Waals surface area (Å²) in [5.41, 5.74) is 3.11. The molecular weight excluding hydrogens is 338 g/mol. The number of carbonyl (C=O) groups is 1. The molecule has 3 rings (SSSR count). The fraction of sp³-hybridized carbons (Fsp3) is 0.409. The van der Waals surface area contributed by atoms with Crippen molar-refractivity contribution in [2.75, 3.05) is 43.4 Å². The van der Waals surface area contributed by atoms with Crippen molar-refractivity contribution in [2.24, 2.45) is 0 Å². The Morgan fingerprint density at radius 3 is 2.44 bits per heavy atom. The van der Waals surface area contributed by atoms with E-state index in [1.807, 2.05) is 50.2 Å². The Bertz CT molecular complexity index is 752. The van der Waals surface area contributed by atoms with Crippen LogP contribution in [0.1, 0.15) is 18.9 Å². The highest BCUT2D eigenvalue weighted by molar-refractivity contribution is 5.94. The van der Waals surface area contributed by atoms with Gasteiger partial charge in [0.25, 0.3) is 5.91 Å². The Morgan fingerprint density at radius 1 is 1.11 bits per heavy atom. The van der Waals surface area contributed by atoms with Crippen LogP contribution in [0.2, 0.25) is 0 Å². The molecule has 5 nitrogen and oxygen atoms in total. The molecule has 0 spiro atoms. The molecule has 0 unspecified atom stereocenters. The SMILES string of the molecule is CC[C@@H](Oc1cccc(C)c1)C(=O)Nc1ccc(N2CCN(C)CC2)cc1. The number of piperazine rings is 1. The van der Waals surface area contributed by atoms with Gasteiger partial charge in [0.2, 0.25) is 0 Å². The van der Waals surface area contributed by atoms with E-state index in [1.165, 1.54) is 5.69 Å². The van der Waals surface area contributed by atoms with Crippen LogP contribution in [0.25, 0.3) is 0 Å². The molecule has 1 atom stereocenters. The molecule has 0 radical (unpaired) electrons. The number of anilines is 2. The van der Waals surface area contributed by atoms with E-state index in [0.717, 1.165) is 43.2 Å². The van der Waals surface area contributed by atoms with Crippen molar-refractivity contribution in [1.29, 1.82) is 0 Å². The second-order valence-electron chi connectivity index (χ2n) is 7.16. The number of likely N-dealkylation sites (N-methyl/N-ethyl adjacent to an activating group) is 1. The van der Waals surface area contributed by atoms with E-state index in [0.29, 0.717) is 6.42 Å². The number of aryl methyl sites for hydroxylation is 1. The molecule has 1 aliphatic heterocycles. The summed E-state index contributed by atoms with van der Waals surface area (Å²) < 4.78 is 5.88. The molecule has 2 aromatic rings. The fourth-order valence-corrected chi connectivity index (χ4v) is 3.22. The van der Waals surface area contributed by atoms with Gasteiger partial charge in [0, 0.05) is 37.6 Å². The molecule has 1 N–H and O–H groups in total. The van der Waals surface area contributed by atoms with Crippen molar-refractivity contribution in [2.45, 2.75) is 26.4 Å². The molecule has 1 fully saturated rings. The summed E-state index contributed by atoms with van der Waals surface area (Å²) in [6.07, 6.45) is 0.100. The maximum Gasteiger partial charge on any atom is 0.265 e. The van der Waals surface area contributed by atoms with E-state index in [4.69, 9.17) is 4.74 Å². The van der Waals surface area contributed by atoms with E-state index in [2.05, 4.69) is 34.3 Å². The summed E-state index contributed by atoms with van der Waals surface area (Å²) in [6, 6.07) is 15.8. The summed E-state index contributed by atoms with van der Waals surface area (Å²) in [6.45, 7) is 8.18. The Labute approximate surface area is 161 Å². The van der Waals surface area contributed by atoms with E-state index >= 15 is 0 Å². The molecule has 2 aromatic carbocycles. The highest BCUT2D eigenvalue weighted by Gasteiger charge is 2.19. The minimum Gasteiger partial charge on any atom is -0.481 e. The van der Waals surface area contributed by atoms with Crippen LogP contribution in [0.3, 0.4) is 0 Å². The summed E-state index contributed by atoms with van der Waals surface area (Å²) in [7, 11) is 2.15. The number of rotatable bonds is 6. The second-order valence-corrected chi connectivity index (χ2v) is 7.16. The average molecular weight is 367 g/mol. The van der Waals surface area contributed by atoms with E-state index < -0.39 is 6.10 Å². The second kappa shape index (κ2) is 8.91. The van der Waals surface area contributed by atoms with Crippen molar-refractivity contribution in [1.82, 2.24) is 4.90 Å². The molecule has 1 saturated heterocycles. The zero-order valence-corrected chi connectivity index (χ0v) is 16.4. The Morgan fingerprint density at radius 2 is 1.81 bits per heavy atom. The monoisotopic (exact) mass is 367 g/mol. The predicted octanol–water partition coefficient (Wildman–Crippen LogP) is 3.54. The zero-order chi connectivity index (χ0) is 19.2. The van der Waals surface area contributed by atoms with E-state index in [-0.39, 0.29) is 5.91 Å². The van der Waals surface area contributed by atoms with Gasteiger partial charge >= 0.3 is 0 Å². The van der Waals surface area contributed by atoms with Crippen molar-refractivity contribution >= 4 is 17.3 Å². The minimum absolute atomic E-state index is 0.119. The molecule has 1 heterocycles. The van der Waals surface area contributed by atoms with Crippen LogP contribution in [0.15, 0.2) is 48.5 Å². The number of hydrogen-bond donors (Lipinski definition) is 1. The van der Waals surface area contributed by atoms with Gasteiger partial charge in [-0.1, -0.05) is 19.1 Å². The van der Waals surface area contributed by atoms with Crippen LogP contribution in [0.5, 0.6) is 5.75 Å². The third-order valence-corrected chi connectivity index (χ3v) is 4.93. The van der Waals surface area contributed by atoms with Crippen LogP contribution >= 0.6 is 0 Å². The molecule has 1 amide bonds. The van der Waals surface area contributed by atoms with Gasteiger partial charge in [0.15, 0.2) is 6.10 Å². The highest BCUT2D eigenvalue weighted by Crippen LogP contribution is 2.20. The Balaban J connectivity index is 1.59. The molecule has 0 bridgehead atoms. The van der Waals surface area contributed by atoms with Crippen molar-refractivity contribution < 1.29 is 9.53 Å². The lowest BCUT2D eigenvalue weighted by atomic mass is 10.2. The highest BCUT2D eigenvalue weighted by atomic mass is 16.5. The Kier molecular flexibility index (Phi) is 6.35. The van der Waals surface area contributed by atoms with Crippen LogP contribution in [-0.4, -0.2) is 50.1 Å². The van der Waals surface area contributed by atoms with Gasteiger partial charge in [-0.2, -0.15) is 0 Å². The number of nitrogens with zero attached hydrogens (tertiary/aromatic N) is 2. The van der Waals surface area contributed by atoms with Crippen LogP contribution in [-0.2, 0) is 4.79 Å².